The third-order valence-corrected chi connectivity index (χ3v) is 21.0. The lowest BCUT2D eigenvalue weighted by molar-refractivity contribution is -0.233. The molecule has 28 heteroatoms. The van der Waals surface area contributed by atoms with Gasteiger partial charge in [-0.2, -0.15) is 0 Å². The fourth-order valence-electron chi connectivity index (χ4n) is 14.7. The zero-order valence-electron chi connectivity index (χ0n) is 74.4. The first kappa shape index (κ1) is 101. The van der Waals surface area contributed by atoms with E-state index < -0.39 is 72.6 Å². The van der Waals surface area contributed by atoms with Crippen molar-refractivity contribution in [3.8, 4) is 0 Å². The van der Waals surface area contributed by atoms with Crippen LogP contribution in [0.5, 0.6) is 0 Å². The Labute approximate surface area is 755 Å². The number of benzene rings is 8. The van der Waals surface area contributed by atoms with Crippen LogP contribution < -0.4 is 10.6 Å². The summed E-state index contributed by atoms with van der Waals surface area (Å²) in [5.74, 6) is -3.00. The van der Waals surface area contributed by atoms with Gasteiger partial charge < -0.3 is 91.2 Å². The molecule has 5 aliphatic rings. The summed E-state index contributed by atoms with van der Waals surface area (Å²) in [6.45, 7) is 14.5. The molecule has 15 atom stereocenters. The second-order valence-electron chi connectivity index (χ2n) is 31.7. The summed E-state index contributed by atoms with van der Waals surface area (Å²) in [7, 11) is 0. The van der Waals surface area contributed by atoms with E-state index in [-0.39, 0.29) is 113 Å². The van der Waals surface area contributed by atoms with Gasteiger partial charge in [-0.1, -0.05) is 249 Å². The first-order valence-corrected chi connectivity index (χ1v) is 43.6. The summed E-state index contributed by atoms with van der Waals surface area (Å²) in [6, 6.07) is 77.7. The SMILES string of the molecule is CC(=O)NC1COC(COC(C)=O)C[C@H]1OCc1ccccc1.CC(=O)NC1COC(COC(C)=O)C[C@H]1OCc1ccccc1.CC(=O)OC1COC(C(=O)OCc2ccccc2)C[C@H]1OCc1ccccc1.CC(=O)OC1COC(C(=O)OCc2ccccc2)[C@H](OC(C)=O)[C@H]1OCc1ccccc1.c1ccc(COCC2CCC[C@H](OCc3ccccc3)C2)cc1. The fourth-order valence-corrected chi connectivity index (χ4v) is 14.7. The van der Waals surface area contributed by atoms with Crippen molar-refractivity contribution in [1.29, 1.82) is 0 Å². The molecule has 5 fully saturated rings. The molecular formula is C101H122N2O26. The quantitative estimate of drug-likeness (QED) is 0.0279. The third kappa shape index (κ3) is 39.2. The van der Waals surface area contributed by atoms with E-state index in [0.717, 1.165) is 53.0 Å². The Morgan fingerprint density at radius 2 is 0.659 bits per heavy atom. The first-order valence-electron chi connectivity index (χ1n) is 43.6. The predicted octanol–water partition coefficient (Wildman–Crippen LogP) is 13.4. The van der Waals surface area contributed by atoms with Crippen LogP contribution in [0.3, 0.4) is 0 Å². The number of carbonyl (C=O) groups is 9. The highest BCUT2D eigenvalue weighted by Gasteiger charge is 2.49. The van der Waals surface area contributed by atoms with E-state index in [4.69, 9.17) is 80.5 Å². The van der Waals surface area contributed by atoms with E-state index in [2.05, 4.69) is 59.2 Å². The van der Waals surface area contributed by atoms with Crippen LogP contribution in [0.4, 0.5) is 0 Å². The topological polar surface area (TPSA) is 335 Å². The van der Waals surface area contributed by atoms with E-state index >= 15 is 0 Å². The molecule has 1 saturated carbocycles. The molecule has 692 valence electrons. The maximum atomic E-state index is 12.8. The average Bonchev–Trinajstić information content (AvgIpc) is 0.799. The summed E-state index contributed by atoms with van der Waals surface area (Å²) in [5.41, 5.74) is 8.21. The van der Waals surface area contributed by atoms with Gasteiger partial charge in [-0.25, -0.2) is 9.59 Å². The fraction of sp³-hybridized carbons (Fsp3) is 0.436. The van der Waals surface area contributed by atoms with Gasteiger partial charge >= 0.3 is 41.8 Å². The van der Waals surface area contributed by atoms with E-state index in [1.165, 1.54) is 78.9 Å². The molecule has 4 saturated heterocycles. The van der Waals surface area contributed by atoms with Crippen molar-refractivity contribution in [2.24, 2.45) is 5.92 Å². The monoisotopic (exact) mass is 1780 g/mol. The van der Waals surface area contributed by atoms with E-state index in [1.54, 1.807) is 0 Å². The van der Waals surface area contributed by atoms with Gasteiger partial charge in [0.15, 0.2) is 30.5 Å². The van der Waals surface area contributed by atoms with Crippen LogP contribution in [0.15, 0.2) is 243 Å². The molecule has 28 nitrogen and oxygen atoms in total. The Balaban J connectivity index is 0.000000183. The van der Waals surface area contributed by atoms with Gasteiger partial charge in [-0.15, -0.1) is 0 Å². The molecule has 8 aromatic rings. The Hall–Kier alpha value is -11.4. The molecule has 4 heterocycles. The standard InChI is InChI=1S/C24H26O8.C22H24O6.C21H26O2.2C17H23NO5/c1-16(25)31-20-15-29-23(24(27)30-14-19-11-7-4-8-12-19)22(32-17(2)26)21(20)28-13-18-9-5-3-6-10-18;1-16(23)28-21-15-26-20(22(24)27-14-18-10-6-3-7-11-18)12-19(21)25-13-17-8-4-2-5-9-17;1-3-8-18(9-4-1)15-22-16-20-12-7-13-21(14-20)23-17-19-10-5-2-6-11-19;2*1-12(19)18-16-11-22-15(10-21-13(2)20)8-17(16)23-9-14-6-4-3-5-7-14/h3-12,20-23H,13-15H2,1-2H3;2-11,19-21H,12-15H2,1H3;1-6,8-11,20-21H,7,12-17H2;2*3-7,15-17H,8-11H2,1-2H3,(H,18,19)/t20?,21-,22+,23?;19-,20?,21?;20?,21-;2*15?,16?,17-/m01011/s1. The van der Waals surface area contributed by atoms with Gasteiger partial charge in [0.2, 0.25) is 11.8 Å². The predicted molar refractivity (Wildman–Crippen MR) is 474 cm³/mol. The molecule has 2 amide bonds. The van der Waals surface area contributed by atoms with Gasteiger partial charge in [0.05, 0.1) is 109 Å². The van der Waals surface area contributed by atoms with Crippen molar-refractivity contribution in [2.75, 3.05) is 46.2 Å². The number of carbonyl (C=O) groups excluding carboxylic acids is 9. The Kier molecular flexibility index (Phi) is 44.6. The van der Waals surface area contributed by atoms with E-state index in [9.17, 15) is 43.2 Å². The highest BCUT2D eigenvalue weighted by atomic mass is 16.7. The number of nitrogens with one attached hydrogen (secondary N) is 2. The van der Waals surface area contributed by atoms with Crippen molar-refractivity contribution in [1.82, 2.24) is 10.6 Å². The Bertz CT molecular complexity index is 4490. The lowest BCUT2D eigenvalue weighted by Crippen LogP contribution is -2.59. The minimum atomic E-state index is -1.23. The molecule has 0 radical (unpaired) electrons. The Morgan fingerprint density at radius 1 is 0.302 bits per heavy atom. The summed E-state index contributed by atoms with van der Waals surface area (Å²) in [6.07, 6.45) is -0.150. The van der Waals surface area contributed by atoms with Crippen molar-refractivity contribution in [3.63, 3.8) is 0 Å². The highest BCUT2D eigenvalue weighted by molar-refractivity contribution is 5.77. The second-order valence-corrected chi connectivity index (χ2v) is 31.7. The number of hydrogen-bond acceptors (Lipinski definition) is 26. The molecule has 0 spiro atoms. The van der Waals surface area contributed by atoms with E-state index in [0.29, 0.717) is 64.5 Å². The minimum Gasteiger partial charge on any atom is -0.463 e. The summed E-state index contributed by atoms with van der Waals surface area (Å²) < 4.78 is 95.3. The van der Waals surface area contributed by atoms with Crippen LogP contribution in [0.1, 0.15) is 138 Å². The number of amides is 2. The van der Waals surface area contributed by atoms with Crippen molar-refractivity contribution in [3.05, 3.63) is 287 Å². The molecule has 8 aromatic carbocycles. The molecule has 2 N–H and O–H groups in total. The van der Waals surface area contributed by atoms with Crippen LogP contribution in [0.2, 0.25) is 0 Å². The van der Waals surface area contributed by atoms with Gasteiger partial charge in [-0.05, 0) is 69.7 Å². The second kappa shape index (κ2) is 56.8. The van der Waals surface area contributed by atoms with Gasteiger partial charge in [0, 0.05) is 74.3 Å². The zero-order chi connectivity index (χ0) is 91.8. The molecule has 4 aliphatic heterocycles. The van der Waals surface area contributed by atoms with Crippen LogP contribution in [0, 0.1) is 5.92 Å². The van der Waals surface area contributed by atoms with Crippen LogP contribution >= 0.6 is 0 Å². The maximum Gasteiger partial charge on any atom is 0.339 e. The minimum absolute atomic E-state index is 0.0369. The summed E-state index contributed by atoms with van der Waals surface area (Å²) in [5, 5.41) is 5.71. The van der Waals surface area contributed by atoms with Gasteiger partial charge in [0.25, 0.3) is 0 Å². The average molecular weight is 1780 g/mol. The molecule has 0 aromatic heterocycles. The summed E-state index contributed by atoms with van der Waals surface area (Å²) >= 11 is 0. The van der Waals surface area contributed by atoms with Crippen LogP contribution in [-0.2, 0) is 177 Å². The molecule has 13 rings (SSSR count). The van der Waals surface area contributed by atoms with E-state index in [1.807, 2.05) is 194 Å². The van der Waals surface area contributed by atoms with Crippen molar-refractivity contribution < 1.29 is 124 Å². The molecule has 129 heavy (non-hydrogen) atoms. The van der Waals surface area contributed by atoms with Gasteiger partial charge in [-0.3, -0.25) is 33.6 Å². The Morgan fingerprint density at radius 3 is 1.05 bits per heavy atom. The number of rotatable bonds is 34. The largest absolute Gasteiger partial charge is 0.463 e. The normalized spacial score (nSPS) is 22.6. The highest BCUT2D eigenvalue weighted by Crippen LogP contribution is 2.31. The number of esters is 7. The van der Waals surface area contributed by atoms with Gasteiger partial charge in [0.1, 0.15) is 38.6 Å². The zero-order valence-corrected chi connectivity index (χ0v) is 74.4. The molecule has 9 unspecified atom stereocenters. The lowest BCUT2D eigenvalue weighted by Gasteiger charge is -2.40. The lowest BCUT2D eigenvalue weighted by atomic mass is 9.88. The molecular weight excluding hydrogens is 1660 g/mol. The van der Waals surface area contributed by atoms with Crippen molar-refractivity contribution in [2.45, 2.75) is 232 Å². The summed E-state index contributed by atoms with van der Waals surface area (Å²) in [4.78, 5) is 105. The third-order valence-electron chi connectivity index (χ3n) is 21.0. The van der Waals surface area contributed by atoms with Crippen molar-refractivity contribution >= 4 is 53.6 Å². The maximum absolute atomic E-state index is 12.8. The first-order chi connectivity index (χ1) is 62.5. The van der Waals surface area contributed by atoms with Crippen LogP contribution in [-0.4, -0.2) is 185 Å². The number of ether oxygens (including phenoxy) is 17. The molecule has 1 aliphatic carbocycles. The van der Waals surface area contributed by atoms with Crippen LogP contribution in [0.25, 0.3) is 0 Å². The number of hydrogen-bond donors (Lipinski definition) is 2. The molecule has 0 bridgehead atoms. The smallest absolute Gasteiger partial charge is 0.339 e.